The quantitative estimate of drug-likeness (QED) is 0.925. The van der Waals surface area contributed by atoms with Gasteiger partial charge in [0.25, 0.3) is 0 Å². The van der Waals surface area contributed by atoms with Crippen LogP contribution in [0.5, 0.6) is 0 Å². The number of fused-ring (bicyclic) bond motifs is 1. The predicted molar refractivity (Wildman–Crippen MR) is 79.6 cm³/mol. The Hall–Kier alpha value is -1.88. The highest BCUT2D eigenvalue weighted by atomic mass is 15.0. The first-order valence-corrected chi connectivity index (χ1v) is 7.74. The minimum atomic E-state index is 0.609. The Morgan fingerprint density at radius 3 is 2.71 bits per heavy atom. The van der Waals surface area contributed by atoms with Gasteiger partial charge in [0.1, 0.15) is 0 Å². The van der Waals surface area contributed by atoms with Crippen molar-refractivity contribution in [3.8, 4) is 11.6 Å². The first-order chi connectivity index (χ1) is 10.4. The van der Waals surface area contributed by atoms with Gasteiger partial charge in [-0.15, -0.1) is 0 Å². The second kappa shape index (κ2) is 5.48. The van der Waals surface area contributed by atoms with Gasteiger partial charge < -0.3 is 5.32 Å². The molecule has 0 aromatic carbocycles. The van der Waals surface area contributed by atoms with Crippen LogP contribution in [0.15, 0.2) is 24.7 Å². The Morgan fingerprint density at radius 1 is 1.05 bits per heavy atom. The molecule has 2 aromatic heterocycles. The topological polar surface area (TPSA) is 63.6 Å². The van der Waals surface area contributed by atoms with Gasteiger partial charge in [0.2, 0.25) is 0 Å². The first-order valence-electron chi connectivity index (χ1n) is 7.74. The van der Waals surface area contributed by atoms with E-state index in [9.17, 15) is 0 Å². The van der Waals surface area contributed by atoms with Crippen molar-refractivity contribution >= 4 is 0 Å². The highest BCUT2D eigenvalue weighted by molar-refractivity contribution is 5.43. The van der Waals surface area contributed by atoms with Crippen LogP contribution in [-0.4, -0.2) is 32.5 Å². The molecule has 1 unspecified atom stereocenters. The van der Waals surface area contributed by atoms with Gasteiger partial charge in [-0.1, -0.05) is 0 Å². The van der Waals surface area contributed by atoms with Crippen LogP contribution < -0.4 is 5.32 Å². The minimum Gasteiger partial charge on any atom is -0.314 e. The summed E-state index contributed by atoms with van der Waals surface area (Å²) in [4.78, 5) is 17.6. The summed E-state index contributed by atoms with van der Waals surface area (Å²) < 4.78 is 0. The summed E-state index contributed by atoms with van der Waals surface area (Å²) >= 11 is 0. The SMILES string of the molecule is c1cnc(-c2ncc3c(n2)CCC(CNC2CC2)C3)nc1. The van der Waals surface area contributed by atoms with Crippen molar-refractivity contribution in [2.24, 2.45) is 5.92 Å². The Labute approximate surface area is 124 Å². The van der Waals surface area contributed by atoms with E-state index in [0.29, 0.717) is 11.6 Å². The molecule has 0 amide bonds. The van der Waals surface area contributed by atoms with Gasteiger partial charge in [-0.3, -0.25) is 0 Å². The molecule has 1 atom stereocenters. The highest BCUT2D eigenvalue weighted by Gasteiger charge is 2.25. The van der Waals surface area contributed by atoms with E-state index < -0.39 is 0 Å². The smallest absolute Gasteiger partial charge is 0.197 e. The lowest BCUT2D eigenvalue weighted by Crippen LogP contribution is -2.29. The molecule has 0 aliphatic heterocycles. The fourth-order valence-corrected chi connectivity index (χ4v) is 2.90. The van der Waals surface area contributed by atoms with Gasteiger partial charge in [-0.05, 0) is 56.2 Å². The zero-order valence-electron chi connectivity index (χ0n) is 12.0. The maximum absolute atomic E-state index is 4.67. The second-order valence-electron chi connectivity index (χ2n) is 6.03. The Balaban J connectivity index is 1.49. The number of aryl methyl sites for hydroxylation is 1. The highest BCUT2D eigenvalue weighted by Crippen LogP contribution is 2.26. The molecule has 0 radical (unpaired) electrons. The first kappa shape index (κ1) is 12.8. The number of rotatable bonds is 4. The van der Waals surface area contributed by atoms with E-state index in [1.165, 1.54) is 30.5 Å². The number of hydrogen-bond acceptors (Lipinski definition) is 5. The molecular weight excluding hydrogens is 262 g/mol. The van der Waals surface area contributed by atoms with Crippen molar-refractivity contribution in [3.05, 3.63) is 35.9 Å². The Morgan fingerprint density at radius 2 is 1.90 bits per heavy atom. The van der Waals surface area contributed by atoms with Crippen LogP contribution in [0.3, 0.4) is 0 Å². The van der Waals surface area contributed by atoms with E-state index in [2.05, 4.69) is 25.3 Å². The standard InChI is InChI=1S/C16H19N5/c1-6-17-15(18-7-1)16-20-10-12-8-11(2-5-14(12)21-16)9-19-13-3-4-13/h1,6-7,10-11,13,19H,2-5,8-9H2. The molecule has 1 N–H and O–H groups in total. The third-order valence-corrected chi connectivity index (χ3v) is 4.29. The van der Waals surface area contributed by atoms with E-state index in [1.54, 1.807) is 18.5 Å². The summed E-state index contributed by atoms with van der Waals surface area (Å²) in [6, 6.07) is 2.60. The third-order valence-electron chi connectivity index (χ3n) is 4.29. The van der Waals surface area contributed by atoms with Crippen LogP contribution >= 0.6 is 0 Å². The van der Waals surface area contributed by atoms with Gasteiger partial charge in [-0.2, -0.15) is 0 Å². The second-order valence-corrected chi connectivity index (χ2v) is 6.03. The van der Waals surface area contributed by atoms with Crippen molar-refractivity contribution in [3.63, 3.8) is 0 Å². The molecule has 21 heavy (non-hydrogen) atoms. The molecule has 5 heteroatoms. The molecular formula is C16H19N5. The van der Waals surface area contributed by atoms with Crippen LogP contribution in [0.25, 0.3) is 11.6 Å². The molecule has 2 aliphatic carbocycles. The van der Waals surface area contributed by atoms with Gasteiger partial charge in [0.15, 0.2) is 11.6 Å². The van der Waals surface area contributed by atoms with Gasteiger partial charge in [-0.25, -0.2) is 19.9 Å². The lowest BCUT2D eigenvalue weighted by atomic mass is 9.87. The molecule has 108 valence electrons. The molecule has 1 saturated carbocycles. The lowest BCUT2D eigenvalue weighted by molar-refractivity contribution is 0.418. The number of nitrogens with zero attached hydrogens (tertiary/aromatic N) is 4. The van der Waals surface area contributed by atoms with Gasteiger partial charge in [0, 0.05) is 30.3 Å². The minimum absolute atomic E-state index is 0.609. The number of aromatic nitrogens is 4. The largest absolute Gasteiger partial charge is 0.314 e. The van der Waals surface area contributed by atoms with Crippen LogP contribution in [-0.2, 0) is 12.8 Å². The number of nitrogens with one attached hydrogen (secondary N) is 1. The fourth-order valence-electron chi connectivity index (χ4n) is 2.90. The lowest BCUT2D eigenvalue weighted by Gasteiger charge is -2.24. The average Bonchev–Trinajstić information content (AvgIpc) is 3.37. The van der Waals surface area contributed by atoms with E-state index in [0.717, 1.165) is 31.3 Å². The Kier molecular flexibility index (Phi) is 3.35. The Bertz CT molecular complexity index is 624. The molecule has 0 saturated heterocycles. The summed E-state index contributed by atoms with van der Waals surface area (Å²) in [5, 5.41) is 3.63. The van der Waals surface area contributed by atoms with Crippen molar-refractivity contribution in [1.29, 1.82) is 0 Å². The molecule has 2 heterocycles. The molecule has 0 spiro atoms. The molecule has 2 aromatic rings. The van der Waals surface area contributed by atoms with Crippen LogP contribution in [0, 0.1) is 5.92 Å². The molecule has 1 fully saturated rings. The monoisotopic (exact) mass is 281 g/mol. The van der Waals surface area contributed by atoms with Crippen LogP contribution in [0.2, 0.25) is 0 Å². The normalized spacial score (nSPS) is 21.0. The average molecular weight is 281 g/mol. The fraction of sp³-hybridized carbons (Fsp3) is 0.500. The van der Waals surface area contributed by atoms with Crippen molar-refractivity contribution in [2.45, 2.75) is 38.1 Å². The molecule has 4 rings (SSSR count). The maximum atomic E-state index is 4.67. The molecule has 2 aliphatic rings. The summed E-state index contributed by atoms with van der Waals surface area (Å²) in [7, 11) is 0. The van der Waals surface area contributed by atoms with Crippen molar-refractivity contribution in [2.75, 3.05) is 6.54 Å². The summed E-state index contributed by atoms with van der Waals surface area (Å²) in [5.41, 5.74) is 2.47. The van der Waals surface area contributed by atoms with E-state index in [4.69, 9.17) is 0 Å². The predicted octanol–water partition coefficient (Wildman–Crippen LogP) is 1.79. The van der Waals surface area contributed by atoms with Crippen molar-refractivity contribution in [1.82, 2.24) is 25.3 Å². The van der Waals surface area contributed by atoms with Crippen LogP contribution in [0.4, 0.5) is 0 Å². The molecule has 5 nitrogen and oxygen atoms in total. The maximum Gasteiger partial charge on any atom is 0.197 e. The third kappa shape index (κ3) is 2.93. The van der Waals surface area contributed by atoms with Gasteiger partial charge in [0.05, 0.1) is 0 Å². The van der Waals surface area contributed by atoms with Crippen LogP contribution in [0.1, 0.15) is 30.5 Å². The summed E-state index contributed by atoms with van der Waals surface area (Å²) in [6.45, 7) is 1.13. The van der Waals surface area contributed by atoms with Gasteiger partial charge >= 0.3 is 0 Å². The molecule has 0 bridgehead atoms. The van der Waals surface area contributed by atoms with E-state index >= 15 is 0 Å². The zero-order valence-corrected chi connectivity index (χ0v) is 12.0. The van der Waals surface area contributed by atoms with E-state index in [-0.39, 0.29) is 0 Å². The summed E-state index contributed by atoms with van der Waals surface area (Å²) in [6.07, 6.45) is 11.5. The summed E-state index contributed by atoms with van der Waals surface area (Å²) in [5.74, 6) is 1.97. The zero-order chi connectivity index (χ0) is 14.1. The van der Waals surface area contributed by atoms with E-state index in [1.807, 2.05) is 6.20 Å². The van der Waals surface area contributed by atoms with Crippen molar-refractivity contribution < 1.29 is 0 Å². The number of hydrogen-bond donors (Lipinski definition) is 1.